The third-order valence-electron chi connectivity index (χ3n) is 3.85. The highest BCUT2D eigenvalue weighted by Crippen LogP contribution is 2.35. The van der Waals surface area contributed by atoms with Gasteiger partial charge >= 0.3 is 5.63 Å². The van der Waals surface area contributed by atoms with Gasteiger partial charge in [0.1, 0.15) is 10.2 Å². The first kappa shape index (κ1) is 13.2. The van der Waals surface area contributed by atoms with Gasteiger partial charge in [0.25, 0.3) is 0 Å². The van der Waals surface area contributed by atoms with E-state index in [2.05, 4.69) is 20.9 Å². The van der Waals surface area contributed by atoms with E-state index in [1.54, 1.807) is 11.3 Å². The smallest absolute Gasteiger partial charge is 0.348 e. The van der Waals surface area contributed by atoms with Crippen molar-refractivity contribution in [3.8, 4) is 11.5 Å². The molecule has 0 saturated carbocycles. The van der Waals surface area contributed by atoms with Gasteiger partial charge in [-0.3, -0.25) is 0 Å². The molecule has 3 nitrogen and oxygen atoms in total. The number of halogens is 1. The van der Waals surface area contributed by atoms with Crippen LogP contribution in [-0.2, 0) is 12.8 Å². The summed E-state index contributed by atoms with van der Waals surface area (Å²) >= 11 is 5.12. The van der Waals surface area contributed by atoms with E-state index in [9.17, 15) is 4.79 Å². The molecule has 0 radical (unpaired) electrons. The lowest BCUT2D eigenvalue weighted by molar-refractivity contribution is 0.517. The molecule has 0 atom stereocenters. The summed E-state index contributed by atoms with van der Waals surface area (Å²) in [6, 6.07) is 7.65. The molecule has 0 spiro atoms. The zero-order valence-electron chi connectivity index (χ0n) is 11.2. The molecule has 0 saturated heterocycles. The van der Waals surface area contributed by atoms with Crippen molar-refractivity contribution in [2.24, 2.45) is 0 Å². The molecule has 0 fully saturated rings. The largest absolute Gasteiger partial charge is 0.403 e. The molecule has 0 aliphatic heterocycles. The number of fused-ring (bicyclic) bond motifs is 3. The third-order valence-corrected chi connectivity index (χ3v) is 5.73. The second-order valence-electron chi connectivity index (χ2n) is 5.18. The van der Waals surface area contributed by atoms with Gasteiger partial charge in [-0.2, -0.15) is 0 Å². The Morgan fingerprint density at radius 3 is 2.86 bits per heavy atom. The number of benzene rings is 1. The fourth-order valence-corrected chi connectivity index (χ4v) is 4.54. The van der Waals surface area contributed by atoms with Crippen LogP contribution < -0.4 is 5.63 Å². The number of rotatable bonds is 1. The van der Waals surface area contributed by atoms with Crippen LogP contribution in [0.4, 0.5) is 0 Å². The van der Waals surface area contributed by atoms with Gasteiger partial charge in [0.05, 0.1) is 5.56 Å². The molecule has 106 valence electrons. The Bertz CT molecular complexity index is 897. The van der Waals surface area contributed by atoms with E-state index in [1.165, 1.54) is 16.9 Å². The number of hydrogen-bond donors (Lipinski definition) is 0. The van der Waals surface area contributed by atoms with Gasteiger partial charge in [0.2, 0.25) is 5.89 Å². The maximum atomic E-state index is 12.4. The maximum Gasteiger partial charge on any atom is 0.348 e. The Morgan fingerprint density at radius 1 is 1.19 bits per heavy atom. The highest BCUT2D eigenvalue weighted by atomic mass is 79.9. The van der Waals surface area contributed by atoms with Crippen LogP contribution in [0.15, 0.2) is 37.9 Å². The van der Waals surface area contributed by atoms with Crippen molar-refractivity contribution in [1.29, 1.82) is 0 Å². The van der Waals surface area contributed by atoms with Crippen LogP contribution in [-0.4, -0.2) is 4.98 Å². The van der Waals surface area contributed by atoms with Gasteiger partial charge in [-0.05, 0) is 59.3 Å². The van der Waals surface area contributed by atoms with E-state index >= 15 is 0 Å². The van der Waals surface area contributed by atoms with Crippen molar-refractivity contribution in [3.63, 3.8) is 0 Å². The first-order chi connectivity index (χ1) is 10.2. The van der Waals surface area contributed by atoms with Crippen LogP contribution in [0.25, 0.3) is 21.7 Å². The average molecular weight is 362 g/mol. The van der Waals surface area contributed by atoms with Gasteiger partial charge in [-0.1, -0.05) is 12.1 Å². The molecule has 1 aromatic carbocycles. The van der Waals surface area contributed by atoms with E-state index in [-0.39, 0.29) is 5.63 Å². The molecule has 0 unspecified atom stereocenters. The second kappa shape index (κ2) is 5.07. The minimum atomic E-state index is -0.259. The lowest BCUT2D eigenvalue weighted by Gasteiger charge is -2.09. The van der Waals surface area contributed by atoms with Crippen molar-refractivity contribution in [3.05, 3.63) is 49.6 Å². The molecule has 1 aliphatic carbocycles. The molecule has 2 aromatic heterocycles. The monoisotopic (exact) mass is 361 g/mol. The Labute approximate surface area is 133 Å². The van der Waals surface area contributed by atoms with Gasteiger partial charge in [-0.15, -0.1) is 11.3 Å². The van der Waals surface area contributed by atoms with E-state index < -0.39 is 0 Å². The molecule has 2 heterocycles. The normalized spacial score (nSPS) is 14.3. The first-order valence-electron chi connectivity index (χ1n) is 6.94. The van der Waals surface area contributed by atoms with Crippen LogP contribution in [0, 0.1) is 0 Å². The summed E-state index contributed by atoms with van der Waals surface area (Å²) in [6.45, 7) is 0. The van der Waals surface area contributed by atoms with E-state index in [0.29, 0.717) is 11.3 Å². The highest BCUT2D eigenvalue weighted by molar-refractivity contribution is 9.10. The number of thiophene rings is 1. The topological polar surface area (TPSA) is 43.1 Å². The number of nitrogens with zero attached hydrogens (tertiary/aromatic N) is 1. The molecule has 0 N–H and O–H groups in total. The van der Waals surface area contributed by atoms with Gasteiger partial charge in [0, 0.05) is 9.35 Å². The van der Waals surface area contributed by atoms with E-state index in [1.807, 2.05) is 24.3 Å². The van der Waals surface area contributed by atoms with E-state index in [4.69, 9.17) is 4.42 Å². The summed E-state index contributed by atoms with van der Waals surface area (Å²) in [5.41, 5.74) is 1.72. The minimum absolute atomic E-state index is 0.259. The lowest BCUT2D eigenvalue weighted by atomic mass is 9.97. The van der Waals surface area contributed by atoms with Crippen molar-refractivity contribution >= 4 is 37.5 Å². The average Bonchev–Trinajstić information content (AvgIpc) is 2.86. The van der Waals surface area contributed by atoms with Crippen molar-refractivity contribution in [2.75, 3.05) is 0 Å². The van der Waals surface area contributed by atoms with Crippen LogP contribution in [0.5, 0.6) is 0 Å². The standard InChI is InChI=1S/C16H12BrNO2S/c17-11-7-3-1-5-9(11)14-18-15-13(16(19)20-14)10-6-2-4-8-12(10)21-15/h1,3,5,7H,2,4,6,8H2. The number of hydrogen-bond acceptors (Lipinski definition) is 4. The first-order valence-corrected chi connectivity index (χ1v) is 8.55. The van der Waals surface area contributed by atoms with Crippen LogP contribution in [0.3, 0.4) is 0 Å². The predicted octanol–water partition coefficient (Wildman–Crippen LogP) is 4.56. The summed E-state index contributed by atoms with van der Waals surface area (Å²) in [5, 5.41) is 0.700. The van der Waals surface area contributed by atoms with Crippen LogP contribution >= 0.6 is 27.3 Å². The highest BCUT2D eigenvalue weighted by Gasteiger charge is 2.21. The van der Waals surface area contributed by atoms with Gasteiger partial charge < -0.3 is 4.42 Å². The molecular weight excluding hydrogens is 350 g/mol. The molecule has 1 aliphatic rings. The Hall–Kier alpha value is -1.46. The summed E-state index contributed by atoms with van der Waals surface area (Å²) in [5.74, 6) is 0.388. The third kappa shape index (κ3) is 2.15. The quantitative estimate of drug-likeness (QED) is 0.638. The summed E-state index contributed by atoms with van der Waals surface area (Å²) in [7, 11) is 0. The Kier molecular flexibility index (Phi) is 3.19. The molecule has 21 heavy (non-hydrogen) atoms. The SMILES string of the molecule is O=c1oc(-c2ccccc2Br)nc2sc3c(c12)CCCC3. The maximum absolute atomic E-state index is 12.4. The second-order valence-corrected chi connectivity index (χ2v) is 7.12. The van der Waals surface area contributed by atoms with E-state index in [0.717, 1.165) is 34.1 Å². The summed E-state index contributed by atoms with van der Waals surface area (Å²) < 4.78 is 6.37. The van der Waals surface area contributed by atoms with Crippen LogP contribution in [0.2, 0.25) is 0 Å². The van der Waals surface area contributed by atoms with Gasteiger partial charge in [0.15, 0.2) is 0 Å². The predicted molar refractivity (Wildman–Crippen MR) is 87.9 cm³/mol. The Morgan fingerprint density at radius 2 is 2.00 bits per heavy atom. The Balaban J connectivity index is 1.98. The fraction of sp³-hybridized carbons (Fsp3) is 0.250. The molecule has 0 amide bonds. The molecular formula is C16H12BrNO2S. The van der Waals surface area contributed by atoms with Gasteiger partial charge in [-0.25, -0.2) is 9.78 Å². The molecule has 3 aromatic rings. The fourth-order valence-electron chi connectivity index (χ4n) is 2.84. The van der Waals surface area contributed by atoms with Crippen molar-refractivity contribution in [1.82, 2.24) is 4.98 Å². The lowest BCUT2D eigenvalue weighted by Crippen LogP contribution is -2.06. The zero-order valence-corrected chi connectivity index (χ0v) is 13.6. The van der Waals surface area contributed by atoms with Crippen LogP contribution in [0.1, 0.15) is 23.3 Å². The number of aromatic nitrogens is 1. The minimum Gasteiger partial charge on any atom is -0.403 e. The molecule has 0 bridgehead atoms. The van der Waals surface area contributed by atoms with Crippen molar-refractivity contribution < 1.29 is 4.42 Å². The number of aryl methyl sites for hydroxylation is 2. The summed E-state index contributed by atoms with van der Waals surface area (Å²) in [4.78, 5) is 19.1. The molecule has 4 rings (SSSR count). The summed E-state index contributed by atoms with van der Waals surface area (Å²) in [6.07, 6.45) is 4.36. The van der Waals surface area contributed by atoms with Crippen molar-refractivity contribution in [2.45, 2.75) is 25.7 Å². The molecule has 5 heteroatoms. The zero-order chi connectivity index (χ0) is 14.4.